The van der Waals surface area contributed by atoms with Crippen LogP contribution in [0.2, 0.25) is 0 Å². The summed E-state index contributed by atoms with van der Waals surface area (Å²) in [6.07, 6.45) is 1.47. The maximum absolute atomic E-state index is 12.1. The second-order valence-electron chi connectivity index (χ2n) is 6.28. The summed E-state index contributed by atoms with van der Waals surface area (Å²) in [7, 11) is 0. The smallest absolute Gasteiger partial charge is 0.340 e. The monoisotopic (exact) mass is 369 g/mol. The van der Waals surface area contributed by atoms with Gasteiger partial charge in [0.2, 0.25) is 0 Å². The molecule has 0 spiro atoms. The lowest BCUT2D eigenvalue weighted by atomic mass is 10.1. The lowest BCUT2D eigenvalue weighted by Gasteiger charge is -2.27. The minimum Gasteiger partial charge on any atom is -0.452 e. The highest BCUT2D eigenvalue weighted by Gasteiger charge is 2.15. The topological polar surface area (TPSA) is 80.8 Å². The Kier molecular flexibility index (Phi) is 6.38. The number of rotatable bonds is 6. The number of carbonyl (C=O) groups is 2. The molecule has 27 heavy (non-hydrogen) atoms. The minimum absolute atomic E-state index is 0.160. The van der Waals surface area contributed by atoms with Gasteiger partial charge in [0.1, 0.15) is 5.82 Å². The molecule has 2 aromatic rings. The van der Waals surface area contributed by atoms with Crippen LogP contribution < -0.4 is 10.2 Å². The predicted octanol–water partition coefficient (Wildman–Crippen LogP) is 1.95. The second kappa shape index (κ2) is 9.14. The number of nitrogens with one attached hydrogen (secondary N) is 1. The highest BCUT2D eigenvalue weighted by Crippen LogP contribution is 2.14. The fourth-order valence-corrected chi connectivity index (χ4v) is 2.81. The molecule has 7 nitrogen and oxygen atoms in total. The Balaban J connectivity index is 1.47. The molecule has 142 valence electrons. The van der Waals surface area contributed by atoms with E-state index in [1.165, 1.54) is 6.20 Å². The van der Waals surface area contributed by atoms with Crippen molar-refractivity contribution in [3.05, 3.63) is 59.8 Å². The molecule has 1 aliphatic heterocycles. The van der Waals surface area contributed by atoms with Gasteiger partial charge in [-0.2, -0.15) is 0 Å². The number of aromatic nitrogens is 1. The average Bonchev–Trinajstić information content (AvgIpc) is 2.73. The molecule has 0 saturated carbocycles. The van der Waals surface area contributed by atoms with E-state index in [4.69, 9.17) is 9.47 Å². The highest BCUT2D eigenvalue weighted by molar-refractivity contribution is 5.91. The number of morpholine rings is 1. The van der Waals surface area contributed by atoms with Crippen molar-refractivity contribution in [1.29, 1.82) is 0 Å². The van der Waals surface area contributed by atoms with Gasteiger partial charge < -0.3 is 19.7 Å². The summed E-state index contributed by atoms with van der Waals surface area (Å²) in [4.78, 5) is 30.5. The SMILES string of the molecule is CC(NC(=O)COC(=O)c1ccc(N2CCOCC2)nc1)c1ccccc1. The Bertz CT molecular complexity index is 759. The largest absolute Gasteiger partial charge is 0.452 e. The van der Waals surface area contributed by atoms with Crippen LogP contribution in [-0.2, 0) is 14.3 Å². The van der Waals surface area contributed by atoms with Crippen molar-refractivity contribution < 1.29 is 19.1 Å². The molecule has 1 amide bonds. The van der Waals surface area contributed by atoms with Gasteiger partial charge in [-0.05, 0) is 24.6 Å². The molecule has 0 aliphatic carbocycles. The first-order valence-corrected chi connectivity index (χ1v) is 8.93. The van der Waals surface area contributed by atoms with Gasteiger partial charge in [-0.1, -0.05) is 30.3 Å². The number of pyridine rings is 1. The summed E-state index contributed by atoms with van der Waals surface area (Å²) in [5.74, 6) is -0.125. The Morgan fingerprint density at radius 3 is 2.59 bits per heavy atom. The summed E-state index contributed by atoms with van der Waals surface area (Å²) in [6, 6.07) is 12.9. The van der Waals surface area contributed by atoms with E-state index in [1.54, 1.807) is 12.1 Å². The maximum atomic E-state index is 12.1. The number of amides is 1. The molecule has 1 fully saturated rings. The van der Waals surface area contributed by atoms with Crippen molar-refractivity contribution in [1.82, 2.24) is 10.3 Å². The lowest BCUT2D eigenvalue weighted by Crippen LogP contribution is -2.36. The molecule has 1 N–H and O–H groups in total. The normalized spacial score (nSPS) is 15.1. The third-order valence-electron chi connectivity index (χ3n) is 4.33. The van der Waals surface area contributed by atoms with Crippen LogP contribution in [0, 0.1) is 0 Å². The van der Waals surface area contributed by atoms with E-state index in [9.17, 15) is 9.59 Å². The Hall–Kier alpha value is -2.93. The van der Waals surface area contributed by atoms with Crippen LogP contribution in [0.1, 0.15) is 28.9 Å². The molecular formula is C20H23N3O4. The number of hydrogen-bond acceptors (Lipinski definition) is 6. The fraction of sp³-hybridized carbons (Fsp3) is 0.350. The van der Waals surface area contributed by atoms with Gasteiger partial charge in [0.25, 0.3) is 5.91 Å². The quantitative estimate of drug-likeness (QED) is 0.784. The first-order chi connectivity index (χ1) is 13.1. The van der Waals surface area contributed by atoms with Crippen molar-refractivity contribution in [2.45, 2.75) is 13.0 Å². The van der Waals surface area contributed by atoms with Crippen molar-refractivity contribution in [3.8, 4) is 0 Å². The van der Waals surface area contributed by atoms with Crippen LogP contribution in [0.25, 0.3) is 0 Å². The first-order valence-electron chi connectivity index (χ1n) is 8.93. The molecule has 1 saturated heterocycles. The molecule has 0 bridgehead atoms. The minimum atomic E-state index is -0.571. The van der Waals surface area contributed by atoms with Gasteiger partial charge in [0, 0.05) is 19.3 Å². The Labute approximate surface area is 158 Å². The zero-order valence-corrected chi connectivity index (χ0v) is 15.3. The number of ether oxygens (including phenoxy) is 2. The molecular weight excluding hydrogens is 346 g/mol. The van der Waals surface area contributed by atoms with E-state index in [1.807, 2.05) is 37.3 Å². The van der Waals surface area contributed by atoms with E-state index >= 15 is 0 Å². The molecule has 1 aromatic heterocycles. The number of carbonyl (C=O) groups excluding carboxylic acids is 2. The van der Waals surface area contributed by atoms with E-state index < -0.39 is 5.97 Å². The van der Waals surface area contributed by atoms with Gasteiger partial charge in [0.15, 0.2) is 6.61 Å². The zero-order chi connectivity index (χ0) is 19.1. The number of nitrogens with zero attached hydrogens (tertiary/aromatic N) is 2. The van der Waals surface area contributed by atoms with Crippen molar-refractivity contribution in [2.75, 3.05) is 37.8 Å². The molecule has 0 radical (unpaired) electrons. The predicted molar refractivity (Wildman–Crippen MR) is 101 cm³/mol. The van der Waals surface area contributed by atoms with Crippen LogP contribution >= 0.6 is 0 Å². The maximum Gasteiger partial charge on any atom is 0.340 e. The second-order valence-corrected chi connectivity index (χ2v) is 6.28. The van der Waals surface area contributed by atoms with Crippen molar-refractivity contribution >= 4 is 17.7 Å². The van der Waals surface area contributed by atoms with Gasteiger partial charge in [0.05, 0.1) is 24.8 Å². The molecule has 1 aromatic carbocycles. The third-order valence-corrected chi connectivity index (χ3v) is 4.33. The molecule has 1 atom stereocenters. The molecule has 2 heterocycles. The van der Waals surface area contributed by atoms with Crippen molar-refractivity contribution in [3.63, 3.8) is 0 Å². The van der Waals surface area contributed by atoms with Gasteiger partial charge in [-0.15, -0.1) is 0 Å². The number of esters is 1. The number of hydrogen-bond donors (Lipinski definition) is 1. The summed E-state index contributed by atoms with van der Waals surface area (Å²) in [5, 5.41) is 2.80. The molecule has 1 unspecified atom stereocenters. The van der Waals surface area contributed by atoms with E-state index in [2.05, 4.69) is 15.2 Å². The van der Waals surface area contributed by atoms with Gasteiger partial charge >= 0.3 is 5.97 Å². The Morgan fingerprint density at radius 1 is 1.19 bits per heavy atom. The van der Waals surface area contributed by atoms with E-state index in [-0.39, 0.29) is 18.6 Å². The van der Waals surface area contributed by atoms with Crippen LogP contribution in [0.4, 0.5) is 5.82 Å². The average molecular weight is 369 g/mol. The summed E-state index contributed by atoms with van der Waals surface area (Å²) >= 11 is 0. The highest BCUT2D eigenvalue weighted by atomic mass is 16.5. The van der Waals surface area contributed by atoms with E-state index in [0.29, 0.717) is 18.8 Å². The summed E-state index contributed by atoms with van der Waals surface area (Å²) in [6.45, 7) is 4.43. The third kappa shape index (κ3) is 5.27. The fourth-order valence-electron chi connectivity index (χ4n) is 2.81. The van der Waals surface area contributed by atoms with Crippen LogP contribution in [0.3, 0.4) is 0 Å². The van der Waals surface area contributed by atoms with Crippen LogP contribution in [0.15, 0.2) is 48.7 Å². The summed E-state index contributed by atoms with van der Waals surface area (Å²) < 4.78 is 10.4. The molecule has 1 aliphatic rings. The van der Waals surface area contributed by atoms with Crippen LogP contribution in [0.5, 0.6) is 0 Å². The number of anilines is 1. The van der Waals surface area contributed by atoms with Gasteiger partial charge in [-0.3, -0.25) is 4.79 Å². The van der Waals surface area contributed by atoms with E-state index in [0.717, 1.165) is 24.5 Å². The molecule has 3 rings (SSSR count). The van der Waals surface area contributed by atoms with Crippen LogP contribution in [-0.4, -0.2) is 49.8 Å². The lowest BCUT2D eigenvalue weighted by molar-refractivity contribution is -0.124. The Morgan fingerprint density at radius 2 is 1.93 bits per heavy atom. The van der Waals surface area contributed by atoms with Gasteiger partial charge in [-0.25, -0.2) is 9.78 Å². The standard InChI is InChI=1S/C20H23N3O4/c1-15(16-5-3-2-4-6-16)22-19(24)14-27-20(25)17-7-8-18(21-13-17)23-9-11-26-12-10-23/h2-8,13,15H,9-12,14H2,1H3,(H,22,24). The molecule has 7 heteroatoms. The van der Waals surface area contributed by atoms with Crippen molar-refractivity contribution in [2.24, 2.45) is 0 Å². The number of benzene rings is 1. The first kappa shape index (κ1) is 18.8. The zero-order valence-electron chi connectivity index (χ0n) is 15.3. The summed E-state index contributed by atoms with van der Waals surface area (Å²) in [5.41, 5.74) is 1.30.